The van der Waals surface area contributed by atoms with Crippen LogP contribution < -0.4 is 0 Å². The summed E-state index contributed by atoms with van der Waals surface area (Å²) in [6.45, 7) is 0. The monoisotopic (exact) mass is 488 g/mol. The number of rotatable bonds is 2. The lowest BCUT2D eigenvalue weighted by Gasteiger charge is -2.42. The van der Waals surface area contributed by atoms with Gasteiger partial charge in [-0.2, -0.15) is 0 Å². The zero-order chi connectivity index (χ0) is 22.6. The maximum Gasteiger partial charge on any atom is 0.313 e. The van der Waals surface area contributed by atoms with Crippen molar-refractivity contribution in [3.05, 3.63) is 105 Å². The molecule has 0 saturated heterocycles. The minimum Gasteiger partial charge on any atom is -0.469 e. The van der Waals surface area contributed by atoms with Crippen LogP contribution in [0.25, 0.3) is 0 Å². The van der Waals surface area contributed by atoms with Gasteiger partial charge in [-0.15, -0.1) is 0 Å². The topological polar surface area (TPSA) is 77.5 Å². The van der Waals surface area contributed by atoms with E-state index in [1.165, 1.54) is 7.11 Å². The van der Waals surface area contributed by atoms with Gasteiger partial charge in [-0.1, -0.05) is 76.6 Å². The molecule has 5 rings (SSSR count). The van der Waals surface area contributed by atoms with Gasteiger partial charge in [-0.05, 0) is 23.3 Å². The van der Waals surface area contributed by atoms with Crippen LogP contribution in [0, 0.1) is 5.41 Å². The number of carbonyl (C=O) groups excluding carboxylic acids is 4. The molecular formula is C26H17BrO5. The first kappa shape index (κ1) is 20.5. The lowest BCUT2D eigenvalue weighted by atomic mass is 9.55. The van der Waals surface area contributed by atoms with Crippen molar-refractivity contribution in [2.24, 2.45) is 5.41 Å². The van der Waals surface area contributed by atoms with Crippen molar-refractivity contribution in [3.63, 3.8) is 0 Å². The predicted molar refractivity (Wildman–Crippen MR) is 120 cm³/mol. The molecule has 0 amide bonds. The minimum absolute atomic E-state index is 0.200. The van der Waals surface area contributed by atoms with Crippen molar-refractivity contribution in [3.8, 4) is 0 Å². The second-order valence-corrected chi connectivity index (χ2v) is 8.87. The highest BCUT2D eigenvalue weighted by Crippen LogP contribution is 2.58. The Kier molecular flexibility index (Phi) is 4.71. The third-order valence-electron chi connectivity index (χ3n) is 6.52. The van der Waals surface area contributed by atoms with Crippen LogP contribution in [0.3, 0.4) is 0 Å². The maximum absolute atomic E-state index is 14.0. The number of hydrogen-bond acceptors (Lipinski definition) is 5. The minimum atomic E-state index is -2.06. The van der Waals surface area contributed by atoms with E-state index in [2.05, 4.69) is 15.9 Å². The summed E-state index contributed by atoms with van der Waals surface area (Å²) in [6.07, 6.45) is 0. The van der Waals surface area contributed by atoms with Gasteiger partial charge in [-0.3, -0.25) is 19.2 Å². The van der Waals surface area contributed by atoms with Gasteiger partial charge in [0, 0.05) is 27.1 Å². The number of carbonyl (C=O) groups is 4. The molecule has 0 saturated carbocycles. The van der Waals surface area contributed by atoms with Gasteiger partial charge in [-0.25, -0.2) is 0 Å². The second-order valence-electron chi connectivity index (χ2n) is 7.96. The Bertz CT molecular complexity index is 1270. The summed E-state index contributed by atoms with van der Waals surface area (Å²) in [6, 6.07) is 20.1. The number of halogens is 1. The quantitative estimate of drug-likeness (QED) is 0.384. The molecule has 0 bridgehead atoms. The average Bonchev–Trinajstić information content (AvgIpc) is 3.04. The number of hydrogen-bond donors (Lipinski definition) is 0. The summed E-state index contributed by atoms with van der Waals surface area (Å²) in [5.41, 5.74) is -0.455. The standard InChI is InChI=1S/C26H17BrO5/c1-32-25(31)20-16-6-2-3-7-17(16)22(28)26(21(20)14-10-12-15(27)13-11-14)23(29)18-8-4-5-9-19(18)24(26)30/h2-13,20-21H,1H3/t20-,21+/m1/s1. The van der Waals surface area contributed by atoms with Gasteiger partial charge in [0.05, 0.1) is 13.0 Å². The maximum atomic E-state index is 14.0. The average molecular weight is 489 g/mol. The van der Waals surface area contributed by atoms with E-state index in [4.69, 9.17) is 4.74 Å². The van der Waals surface area contributed by atoms with E-state index in [1.807, 2.05) is 0 Å². The van der Waals surface area contributed by atoms with Crippen molar-refractivity contribution in [1.29, 1.82) is 0 Å². The highest BCUT2D eigenvalue weighted by atomic mass is 79.9. The number of esters is 1. The van der Waals surface area contributed by atoms with Crippen LogP contribution in [0.1, 0.15) is 54.0 Å². The fourth-order valence-electron chi connectivity index (χ4n) is 5.16. The lowest BCUT2D eigenvalue weighted by Crippen LogP contribution is -2.53. The predicted octanol–water partition coefficient (Wildman–Crippen LogP) is 4.75. The molecule has 2 aliphatic carbocycles. The highest BCUT2D eigenvalue weighted by molar-refractivity contribution is 9.10. The van der Waals surface area contributed by atoms with E-state index in [0.29, 0.717) is 11.1 Å². The van der Waals surface area contributed by atoms with Crippen LogP contribution >= 0.6 is 15.9 Å². The van der Waals surface area contributed by atoms with Gasteiger partial charge < -0.3 is 4.74 Å². The largest absolute Gasteiger partial charge is 0.469 e. The third-order valence-corrected chi connectivity index (χ3v) is 7.04. The molecule has 2 aliphatic rings. The molecule has 0 heterocycles. The summed E-state index contributed by atoms with van der Waals surface area (Å²) < 4.78 is 5.92. The van der Waals surface area contributed by atoms with Gasteiger partial charge in [0.1, 0.15) is 0 Å². The summed E-state index contributed by atoms with van der Waals surface area (Å²) in [4.78, 5) is 55.0. The summed E-state index contributed by atoms with van der Waals surface area (Å²) in [5.74, 6) is -4.37. The molecule has 5 nitrogen and oxygen atoms in total. The Labute approximate surface area is 192 Å². The normalized spacial score (nSPS) is 20.8. The number of methoxy groups -OCH3 is 1. The summed E-state index contributed by atoms with van der Waals surface area (Å²) in [7, 11) is 1.26. The molecule has 32 heavy (non-hydrogen) atoms. The van der Waals surface area contributed by atoms with Gasteiger partial charge in [0.2, 0.25) is 0 Å². The smallest absolute Gasteiger partial charge is 0.313 e. The molecule has 3 aromatic carbocycles. The summed E-state index contributed by atoms with van der Waals surface area (Å²) >= 11 is 3.39. The molecule has 0 fully saturated rings. The zero-order valence-electron chi connectivity index (χ0n) is 17.0. The first-order valence-electron chi connectivity index (χ1n) is 10.1. The Hall–Kier alpha value is -3.38. The van der Waals surface area contributed by atoms with Crippen LogP contribution in [0.5, 0.6) is 0 Å². The van der Waals surface area contributed by atoms with Gasteiger partial charge in [0.15, 0.2) is 22.8 Å². The molecule has 0 radical (unpaired) electrons. The molecule has 0 aromatic heterocycles. The lowest BCUT2D eigenvalue weighted by molar-refractivity contribution is -0.143. The summed E-state index contributed by atoms with van der Waals surface area (Å²) in [5, 5.41) is 0. The van der Waals surface area contributed by atoms with E-state index in [9.17, 15) is 19.2 Å². The molecule has 0 aliphatic heterocycles. The van der Waals surface area contributed by atoms with Crippen molar-refractivity contribution < 1.29 is 23.9 Å². The van der Waals surface area contributed by atoms with E-state index in [0.717, 1.165) is 4.47 Å². The fourth-order valence-corrected chi connectivity index (χ4v) is 5.42. The first-order chi connectivity index (χ1) is 15.4. The van der Waals surface area contributed by atoms with Crippen molar-refractivity contribution in [1.82, 2.24) is 0 Å². The van der Waals surface area contributed by atoms with Crippen LogP contribution in [-0.2, 0) is 9.53 Å². The number of fused-ring (bicyclic) bond motifs is 2. The molecule has 3 aromatic rings. The van der Waals surface area contributed by atoms with Crippen LogP contribution in [0.4, 0.5) is 0 Å². The van der Waals surface area contributed by atoms with E-state index >= 15 is 0 Å². The Balaban J connectivity index is 1.89. The number of benzene rings is 3. The zero-order valence-corrected chi connectivity index (χ0v) is 18.6. The molecule has 1 spiro atoms. The molecule has 158 valence electrons. The first-order valence-corrected chi connectivity index (χ1v) is 10.9. The van der Waals surface area contributed by atoms with Crippen LogP contribution in [0.15, 0.2) is 77.3 Å². The Morgan fingerprint density at radius 1 is 0.781 bits per heavy atom. The number of Topliss-reactive ketones (excluding diaryl/α,β-unsaturated/α-hetero) is 3. The Morgan fingerprint density at radius 3 is 1.84 bits per heavy atom. The molecule has 2 atom stereocenters. The van der Waals surface area contributed by atoms with E-state index in [-0.39, 0.29) is 16.7 Å². The molecule has 6 heteroatoms. The molecule has 0 unspecified atom stereocenters. The van der Waals surface area contributed by atoms with Crippen LogP contribution in [-0.4, -0.2) is 30.4 Å². The van der Waals surface area contributed by atoms with Crippen molar-refractivity contribution in [2.45, 2.75) is 11.8 Å². The third kappa shape index (κ3) is 2.56. The number of ketones is 3. The molecular weight excluding hydrogens is 472 g/mol. The number of ether oxygens (including phenoxy) is 1. The van der Waals surface area contributed by atoms with Crippen molar-refractivity contribution in [2.75, 3.05) is 7.11 Å². The van der Waals surface area contributed by atoms with E-state index in [1.54, 1.807) is 72.8 Å². The van der Waals surface area contributed by atoms with Crippen LogP contribution in [0.2, 0.25) is 0 Å². The van der Waals surface area contributed by atoms with Crippen molar-refractivity contribution >= 4 is 39.2 Å². The molecule has 0 N–H and O–H groups in total. The van der Waals surface area contributed by atoms with Gasteiger partial charge >= 0.3 is 5.97 Å². The second kappa shape index (κ2) is 7.35. The van der Waals surface area contributed by atoms with E-state index < -0.39 is 40.6 Å². The van der Waals surface area contributed by atoms with Gasteiger partial charge in [0.25, 0.3) is 0 Å². The SMILES string of the molecule is COC(=O)[C@@H]1c2ccccc2C(=O)C2(C(=O)c3ccccc3C2=O)[C@H]1c1ccc(Br)cc1. The highest BCUT2D eigenvalue weighted by Gasteiger charge is 2.68. The Morgan fingerprint density at radius 2 is 1.28 bits per heavy atom. The fraction of sp³-hybridized carbons (Fsp3) is 0.154.